The Morgan fingerprint density at radius 2 is 1.92 bits per heavy atom. The number of piperazine rings is 1. The first-order valence-corrected chi connectivity index (χ1v) is 9.10. The van der Waals surface area contributed by atoms with Crippen LogP contribution in [-0.4, -0.2) is 77.6 Å². The molecule has 6 heteroatoms. The highest BCUT2D eigenvalue weighted by Gasteiger charge is 2.36. The molecule has 1 amide bonds. The van der Waals surface area contributed by atoms with Crippen molar-refractivity contribution in [3.05, 3.63) is 35.6 Å². The first-order valence-electron chi connectivity index (χ1n) is 9.10. The molecular formula is C19H28FN3O2. The normalized spacial score (nSPS) is 26.8. The molecule has 2 saturated heterocycles. The minimum atomic E-state index is -0.804. The fourth-order valence-corrected chi connectivity index (χ4v) is 4.13. The van der Waals surface area contributed by atoms with Gasteiger partial charge >= 0.3 is 0 Å². The van der Waals surface area contributed by atoms with Crippen LogP contribution in [-0.2, 0) is 4.79 Å². The zero-order chi connectivity index (χ0) is 18.0. The lowest BCUT2D eigenvalue weighted by Gasteiger charge is -2.39. The van der Waals surface area contributed by atoms with Gasteiger partial charge in [-0.25, -0.2) is 4.39 Å². The van der Waals surface area contributed by atoms with Crippen molar-refractivity contribution in [2.45, 2.75) is 26.0 Å². The molecule has 0 aliphatic carbocycles. The van der Waals surface area contributed by atoms with Crippen molar-refractivity contribution in [3.63, 3.8) is 0 Å². The Morgan fingerprint density at radius 3 is 2.56 bits per heavy atom. The number of aliphatic hydroxyl groups is 1. The quantitative estimate of drug-likeness (QED) is 0.891. The van der Waals surface area contributed by atoms with Crippen LogP contribution in [0.25, 0.3) is 0 Å². The Balaban J connectivity index is 1.55. The molecule has 0 aromatic heterocycles. The summed E-state index contributed by atoms with van der Waals surface area (Å²) in [5, 5.41) is 10.4. The topological polar surface area (TPSA) is 47.0 Å². The summed E-state index contributed by atoms with van der Waals surface area (Å²) in [5.74, 6) is 0.296. The molecule has 0 bridgehead atoms. The van der Waals surface area contributed by atoms with Gasteiger partial charge in [0.2, 0.25) is 5.91 Å². The molecule has 2 heterocycles. The molecule has 1 N–H and O–H groups in total. The third kappa shape index (κ3) is 4.19. The first kappa shape index (κ1) is 18.3. The molecule has 2 aliphatic rings. The largest absolute Gasteiger partial charge is 0.387 e. The molecule has 2 aliphatic heterocycles. The number of amides is 1. The molecule has 3 atom stereocenters. The lowest BCUT2D eigenvalue weighted by atomic mass is 10.0. The van der Waals surface area contributed by atoms with E-state index in [-0.39, 0.29) is 11.7 Å². The van der Waals surface area contributed by atoms with E-state index in [1.165, 1.54) is 6.07 Å². The highest BCUT2D eigenvalue weighted by atomic mass is 19.1. The van der Waals surface area contributed by atoms with Crippen LogP contribution in [0.1, 0.15) is 25.5 Å². The summed E-state index contributed by atoms with van der Waals surface area (Å²) >= 11 is 0. The number of hydrogen-bond donors (Lipinski definition) is 1. The number of rotatable bonds is 4. The van der Waals surface area contributed by atoms with E-state index in [4.69, 9.17) is 0 Å². The minimum absolute atomic E-state index is 0.147. The summed E-state index contributed by atoms with van der Waals surface area (Å²) < 4.78 is 13.8. The molecule has 3 rings (SSSR count). The maximum atomic E-state index is 13.8. The molecule has 138 valence electrons. The number of carbonyl (C=O) groups excluding carboxylic acids is 1. The Morgan fingerprint density at radius 1 is 1.24 bits per heavy atom. The van der Waals surface area contributed by atoms with Crippen molar-refractivity contribution in [3.8, 4) is 0 Å². The SMILES string of the molecule is CC(=O)N1CCN([C@@H]2CN(C[C@@H](O)c3ccccc3F)C[C@H]2C)CC1. The van der Waals surface area contributed by atoms with Gasteiger partial charge in [-0.3, -0.25) is 14.6 Å². The Bertz CT molecular complexity index is 604. The fourth-order valence-electron chi connectivity index (χ4n) is 4.13. The van der Waals surface area contributed by atoms with Crippen molar-refractivity contribution in [2.75, 3.05) is 45.8 Å². The predicted octanol–water partition coefficient (Wildman–Crippen LogP) is 1.34. The second kappa shape index (κ2) is 7.81. The third-order valence-corrected chi connectivity index (χ3v) is 5.57. The highest BCUT2D eigenvalue weighted by Crippen LogP contribution is 2.26. The predicted molar refractivity (Wildman–Crippen MR) is 94.6 cm³/mol. The summed E-state index contributed by atoms with van der Waals surface area (Å²) in [5.41, 5.74) is 0.369. The number of benzene rings is 1. The van der Waals surface area contributed by atoms with Crippen molar-refractivity contribution in [1.29, 1.82) is 0 Å². The van der Waals surface area contributed by atoms with Crippen molar-refractivity contribution in [2.24, 2.45) is 5.92 Å². The van der Waals surface area contributed by atoms with Crippen molar-refractivity contribution < 1.29 is 14.3 Å². The van der Waals surface area contributed by atoms with Crippen LogP contribution in [0.3, 0.4) is 0 Å². The zero-order valence-corrected chi connectivity index (χ0v) is 15.1. The Hall–Kier alpha value is -1.50. The number of carbonyl (C=O) groups is 1. The molecule has 0 unspecified atom stereocenters. The van der Waals surface area contributed by atoms with Gasteiger partial charge in [0.05, 0.1) is 6.10 Å². The fraction of sp³-hybridized carbons (Fsp3) is 0.632. The third-order valence-electron chi connectivity index (χ3n) is 5.57. The Labute approximate surface area is 149 Å². The highest BCUT2D eigenvalue weighted by molar-refractivity contribution is 5.73. The maximum Gasteiger partial charge on any atom is 0.219 e. The van der Waals surface area contributed by atoms with Crippen molar-refractivity contribution in [1.82, 2.24) is 14.7 Å². The summed E-state index contributed by atoms with van der Waals surface area (Å²) in [6, 6.07) is 6.87. The molecule has 5 nitrogen and oxygen atoms in total. The summed E-state index contributed by atoms with van der Waals surface area (Å²) in [6.45, 7) is 9.48. The van der Waals surface area contributed by atoms with Gasteiger partial charge in [0.1, 0.15) is 5.82 Å². The van der Waals surface area contributed by atoms with Gasteiger partial charge in [0.25, 0.3) is 0 Å². The summed E-state index contributed by atoms with van der Waals surface area (Å²) in [4.78, 5) is 18.0. The van der Waals surface area contributed by atoms with E-state index < -0.39 is 6.10 Å². The number of halogens is 1. The molecular weight excluding hydrogens is 321 g/mol. The molecule has 1 aromatic carbocycles. The molecule has 0 saturated carbocycles. The van der Waals surface area contributed by atoms with E-state index in [0.29, 0.717) is 24.1 Å². The summed E-state index contributed by atoms with van der Waals surface area (Å²) in [6.07, 6.45) is -0.804. The van der Waals surface area contributed by atoms with Crippen LogP contribution in [0.15, 0.2) is 24.3 Å². The molecule has 2 fully saturated rings. The smallest absolute Gasteiger partial charge is 0.219 e. The van der Waals surface area contributed by atoms with Crippen molar-refractivity contribution >= 4 is 5.91 Å². The molecule has 1 aromatic rings. The summed E-state index contributed by atoms with van der Waals surface area (Å²) in [7, 11) is 0. The van der Waals surface area contributed by atoms with E-state index in [2.05, 4.69) is 16.7 Å². The number of nitrogens with zero attached hydrogens (tertiary/aromatic N) is 3. The van der Waals surface area contributed by atoms with Gasteiger partial charge in [0, 0.05) is 64.3 Å². The minimum Gasteiger partial charge on any atom is -0.387 e. The average molecular weight is 349 g/mol. The van der Waals surface area contributed by atoms with E-state index in [9.17, 15) is 14.3 Å². The lowest BCUT2D eigenvalue weighted by molar-refractivity contribution is -0.130. The number of hydrogen-bond acceptors (Lipinski definition) is 4. The maximum absolute atomic E-state index is 13.8. The molecule has 0 radical (unpaired) electrons. The van der Waals surface area contributed by atoms with Crippen LogP contribution in [0.5, 0.6) is 0 Å². The van der Waals surface area contributed by atoms with Gasteiger partial charge in [-0.15, -0.1) is 0 Å². The van der Waals surface area contributed by atoms with Gasteiger partial charge in [-0.1, -0.05) is 25.1 Å². The van der Waals surface area contributed by atoms with E-state index >= 15 is 0 Å². The van der Waals surface area contributed by atoms with Crippen LogP contribution in [0, 0.1) is 11.7 Å². The first-order chi connectivity index (χ1) is 12.0. The van der Waals surface area contributed by atoms with Gasteiger partial charge in [0.15, 0.2) is 0 Å². The molecule has 25 heavy (non-hydrogen) atoms. The van der Waals surface area contributed by atoms with Gasteiger partial charge in [-0.05, 0) is 12.0 Å². The number of aliphatic hydroxyl groups excluding tert-OH is 1. The van der Waals surface area contributed by atoms with E-state index in [1.54, 1.807) is 25.1 Å². The number of likely N-dealkylation sites (tertiary alicyclic amines) is 1. The van der Waals surface area contributed by atoms with Gasteiger partial charge in [-0.2, -0.15) is 0 Å². The van der Waals surface area contributed by atoms with Crippen LogP contribution in [0.4, 0.5) is 4.39 Å². The monoisotopic (exact) mass is 349 g/mol. The van der Waals surface area contributed by atoms with Crippen LogP contribution >= 0.6 is 0 Å². The second-order valence-electron chi connectivity index (χ2n) is 7.34. The Kier molecular flexibility index (Phi) is 5.71. The zero-order valence-electron chi connectivity index (χ0n) is 15.1. The van der Waals surface area contributed by atoms with Crippen LogP contribution < -0.4 is 0 Å². The van der Waals surface area contributed by atoms with Gasteiger partial charge < -0.3 is 10.0 Å². The van der Waals surface area contributed by atoms with E-state index in [0.717, 1.165) is 39.3 Å². The lowest BCUT2D eigenvalue weighted by Crippen LogP contribution is -2.53. The molecule has 0 spiro atoms. The van der Waals surface area contributed by atoms with E-state index in [1.807, 2.05) is 4.90 Å². The number of β-amino-alcohol motifs (C(OH)–C–C–N with tert-alkyl or cyclic N) is 1. The van der Waals surface area contributed by atoms with Crippen LogP contribution in [0.2, 0.25) is 0 Å². The average Bonchev–Trinajstić information content (AvgIpc) is 2.95. The standard InChI is InChI=1S/C19H28FN3O2/c1-14-11-21(13-19(25)16-5-3-4-6-17(16)20)12-18(14)23-9-7-22(8-10-23)15(2)24/h3-6,14,18-19,25H,7-13H2,1-2H3/t14-,18-,19-/m1/s1. The second-order valence-corrected chi connectivity index (χ2v) is 7.34.